The summed E-state index contributed by atoms with van der Waals surface area (Å²) in [5, 5.41) is 0.916. The van der Waals surface area contributed by atoms with Gasteiger partial charge in [-0.2, -0.15) is 0 Å². The molecule has 3 heterocycles. The van der Waals surface area contributed by atoms with Crippen LogP contribution in [0.1, 0.15) is 11.3 Å². The molecule has 1 aliphatic heterocycles. The molecule has 6 nitrogen and oxygen atoms in total. The zero-order valence-electron chi connectivity index (χ0n) is 15.3. The summed E-state index contributed by atoms with van der Waals surface area (Å²) in [6.07, 6.45) is 5.22. The number of carbonyl (C=O) groups is 2. The van der Waals surface area contributed by atoms with Gasteiger partial charge in [-0.15, -0.1) is 0 Å². The molecule has 29 heavy (non-hydrogen) atoms. The molecule has 0 unspecified atom stereocenters. The summed E-state index contributed by atoms with van der Waals surface area (Å²) in [5.41, 5.74) is 1.69. The number of aromatic nitrogens is 1. The molecule has 0 bridgehead atoms. The first kappa shape index (κ1) is 19.9. The number of thiocarbonyl (C=S) groups is 1. The molecular formula is C20H15BrN2O4S2. The number of thioether (sulfide) groups is 1. The van der Waals surface area contributed by atoms with E-state index in [9.17, 15) is 9.59 Å². The summed E-state index contributed by atoms with van der Waals surface area (Å²) in [6, 6.07) is 9.36. The van der Waals surface area contributed by atoms with Gasteiger partial charge in [0.05, 0.1) is 24.8 Å². The summed E-state index contributed by atoms with van der Waals surface area (Å²) in [6.45, 7) is 0.382. The highest BCUT2D eigenvalue weighted by Crippen LogP contribution is 2.35. The first-order valence-corrected chi connectivity index (χ1v) is 10.6. The molecule has 4 rings (SSSR count). The van der Waals surface area contributed by atoms with Crippen LogP contribution in [0.3, 0.4) is 0 Å². The second-order valence-corrected chi connectivity index (χ2v) is 8.89. The monoisotopic (exact) mass is 490 g/mol. The highest BCUT2D eigenvalue weighted by atomic mass is 79.9. The van der Waals surface area contributed by atoms with Gasteiger partial charge in [-0.3, -0.25) is 14.5 Å². The van der Waals surface area contributed by atoms with E-state index in [1.54, 1.807) is 18.4 Å². The minimum absolute atomic E-state index is 0.0852. The summed E-state index contributed by atoms with van der Waals surface area (Å²) < 4.78 is 13.3. The van der Waals surface area contributed by atoms with Crippen molar-refractivity contribution in [1.82, 2.24) is 9.47 Å². The molecule has 1 amide bonds. The number of hydrogen-bond acceptors (Lipinski definition) is 6. The van der Waals surface area contributed by atoms with E-state index in [-0.39, 0.29) is 18.4 Å². The molecule has 1 aliphatic rings. The van der Waals surface area contributed by atoms with Crippen LogP contribution in [-0.4, -0.2) is 32.8 Å². The standard InChI is InChI=1S/C20H15BrN2O4S2/c1-26-18(24)11-22-9-12(15-8-13(21)4-5-16(15)22)7-17-19(25)23(20(28)29-17)10-14-3-2-6-27-14/h2-9H,10-11H2,1H3/b17-7-. The number of furan rings is 1. The van der Waals surface area contributed by atoms with Gasteiger partial charge in [-0.1, -0.05) is 39.9 Å². The molecule has 0 saturated carbocycles. The van der Waals surface area contributed by atoms with Gasteiger partial charge in [0.1, 0.15) is 16.6 Å². The molecule has 0 atom stereocenters. The van der Waals surface area contributed by atoms with Crippen LogP contribution in [0.5, 0.6) is 0 Å². The van der Waals surface area contributed by atoms with Crippen LogP contribution >= 0.6 is 39.9 Å². The van der Waals surface area contributed by atoms with Crippen LogP contribution in [0.15, 0.2) is 56.6 Å². The number of methoxy groups -OCH3 is 1. The van der Waals surface area contributed by atoms with E-state index >= 15 is 0 Å². The first-order chi connectivity index (χ1) is 14.0. The zero-order chi connectivity index (χ0) is 20.5. The highest BCUT2D eigenvalue weighted by molar-refractivity contribution is 9.10. The van der Waals surface area contributed by atoms with Gasteiger partial charge in [0.15, 0.2) is 0 Å². The Hall–Kier alpha value is -2.36. The van der Waals surface area contributed by atoms with E-state index in [0.717, 1.165) is 20.9 Å². The Balaban J connectivity index is 1.70. The van der Waals surface area contributed by atoms with Crippen LogP contribution in [-0.2, 0) is 27.4 Å². The number of nitrogens with zero attached hydrogens (tertiary/aromatic N) is 2. The van der Waals surface area contributed by atoms with Gasteiger partial charge in [0.25, 0.3) is 5.91 Å². The molecule has 2 aromatic heterocycles. The number of benzene rings is 1. The van der Waals surface area contributed by atoms with Crippen molar-refractivity contribution in [2.75, 3.05) is 7.11 Å². The van der Waals surface area contributed by atoms with Crippen LogP contribution in [0.4, 0.5) is 0 Å². The van der Waals surface area contributed by atoms with Crippen molar-refractivity contribution in [3.8, 4) is 0 Å². The quantitative estimate of drug-likeness (QED) is 0.296. The van der Waals surface area contributed by atoms with Crippen molar-refractivity contribution in [2.24, 2.45) is 0 Å². The van der Waals surface area contributed by atoms with Gasteiger partial charge >= 0.3 is 5.97 Å². The Morgan fingerprint density at radius 2 is 2.21 bits per heavy atom. The second kappa shape index (κ2) is 8.17. The van der Waals surface area contributed by atoms with Crippen LogP contribution in [0.2, 0.25) is 0 Å². The maximum atomic E-state index is 12.9. The van der Waals surface area contributed by atoms with E-state index in [1.165, 1.54) is 23.8 Å². The van der Waals surface area contributed by atoms with Crippen molar-refractivity contribution >= 4 is 73.1 Å². The number of carbonyl (C=O) groups excluding carboxylic acids is 2. The normalized spacial score (nSPS) is 15.7. The fourth-order valence-corrected chi connectivity index (χ4v) is 4.69. The molecule has 1 fully saturated rings. The molecule has 3 aromatic rings. The van der Waals surface area contributed by atoms with E-state index in [4.69, 9.17) is 21.4 Å². The van der Waals surface area contributed by atoms with Crippen LogP contribution < -0.4 is 0 Å². The average Bonchev–Trinajstić information content (AvgIpc) is 3.39. The largest absolute Gasteiger partial charge is 0.468 e. The fraction of sp³-hybridized carbons (Fsp3) is 0.150. The number of hydrogen-bond donors (Lipinski definition) is 0. The predicted molar refractivity (Wildman–Crippen MR) is 119 cm³/mol. The minimum Gasteiger partial charge on any atom is -0.468 e. The van der Waals surface area contributed by atoms with Crippen molar-refractivity contribution in [2.45, 2.75) is 13.1 Å². The molecule has 0 spiro atoms. The van der Waals surface area contributed by atoms with Gasteiger partial charge in [-0.05, 0) is 36.4 Å². The van der Waals surface area contributed by atoms with E-state index < -0.39 is 0 Å². The molecule has 1 aromatic carbocycles. The van der Waals surface area contributed by atoms with Crippen LogP contribution in [0, 0.1) is 0 Å². The summed E-state index contributed by atoms with van der Waals surface area (Å²) in [4.78, 5) is 26.7. The number of esters is 1. The van der Waals surface area contributed by atoms with Crippen molar-refractivity contribution in [1.29, 1.82) is 0 Å². The lowest BCUT2D eigenvalue weighted by atomic mass is 10.1. The number of fused-ring (bicyclic) bond motifs is 1. The SMILES string of the molecule is COC(=O)Cn1cc(/C=C2\SC(=S)N(Cc3ccco3)C2=O)c2cc(Br)ccc21. The highest BCUT2D eigenvalue weighted by Gasteiger charge is 2.32. The Bertz CT molecular complexity index is 1150. The zero-order valence-corrected chi connectivity index (χ0v) is 18.5. The predicted octanol–water partition coefficient (Wildman–Crippen LogP) is 4.57. The maximum Gasteiger partial charge on any atom is 0.325 e. The molecule has 9 heteroatoms. The van der Waals surface area contributed by atoms with Gasteiger partial charge < -0.3 is 13.7 Å². The maximum absolute atomic E-state index is 12.9. The second-order valence-electron chi connectivity index (χ2n) is 6.30. The Morgan fingerprint density at radius 3 is 2.93 bits per heavy atom. The number of rotatable bonds is 5. The molecule has 0 radical (unpaired) electrons. The Morgan fingerprint density at radius 1 is 1.38 bits per heavy atom. The van der Waals surface area contributed by atoms with Gasteiger partial charge in [-0.25, -0.2) is 0 Å². The molecule has 0 N–H and O–H groups in total. The van der Waals surface area contributed by atoms with E-state index in [0.29, 0.717) is 21.5 Å². The lowest BCUT2D eigenvalue weighted by Crippen LogP contribution is -2.27. The molecular weight excluding hydrogens is 476 g/mol. The molecule has 0 aliphatic carbocycles. The van der Waals surface area contributed by atoms with Crippen LogP contribution in [0.25, 0.3) is 17.0 Å². The Labute approximate surface area is 184 Å². The minimum atomic E-state index is -0.346. The average molecular weight is 491 g/mol. The molecule has 1 saturated heterocycles. The number of ether oxygens (including phenoxy) is 1. The summed E-state index contributed by atoms with van der Waals surface area (Å²) in [5.74, 6) is 0.155. The topological polar surface area (TPSA) is 64.7 Å². The van der Waals surface area contributed by atoms with Crippen molar-refractivity contribution in [3.63, 3.8) is 0 Å². The lowest BCUT2D eigenvalue weighted by Gasteiger charge is -2.11. The van der Waals surface area contributed by atoms with E-state index in [1.807, 2.05) is 35.0 Å². The smallest absolute Gasteiger partial charge is 0.325 e. The lowest BCUT2D eigenvalue weighted by molar-refractivity contribution is -0.141. The van der Waals surface area contributed by atoms with Crippen molar-refractivity contribution in [3.05, 3.63) is 63.5 Å². The van der Waals surface area contributed by atoms with Crippen molar-refractivity contribution < 1.29 is 18.7 Å². The number of halogens is 1. The summed E-state index contributed by atoms with van der Waals surface area (Å²) >= 11 is 10.1. The first-order valence-electron chi connectivity index (χ1n) is 8.59. The van der Waals surface area contributed by atoms with Gasteiger partial charge in [0, 0.05) is 27.1 Å². The third-order valence-electron chi connectivity index (χ3n) is 4.46. The Kier molecular flexibility index (Phi) is 5.62. The molecule has 148 valence electrons. The summed E-state index contributed by atoms with van der Waals surface area (Å²) in [7, 11) is 1.36. The third kappa shape index (κ3) is 4.03. The van der Waals surface area contributed by atoms with E-state index in [2.05, 4.69) is 15.9 Å². The third-order valence-corrected chi connectivity index (χ3v) is 6.33. The fourth-order valence-electron chi connectivity index (χ4n) is 3.08. The number of amides is 1. The van der Waals surface area contributed by atoms with Gasteiger partial charge in [0.2, 0.25) is 0 Å².